The lowest BCUT2D eigenvalue weighted by atomic mass is 10.1. The first-order chi connectivity index (χ1) is 8.35. The summed E-state index contributed by atoms with van der Waals surface area (Å²) in [7, 11) is 1.66. The van der Waals surface area contributed by atoms with E-state index in [-0.39, 0.29) is 6.61 Å². The zero-order valence-electron chi connectivity index (χ0n) is 9.81. The van der Waals surface area contributed by atoms with Crippen LogP contribution in [-0.2, 0) is 0 Å². The van der Waals surface area contributed by atoms with Gasteiger partial charge in [-0.1, -0.05) is 0 Å². The van der Waals surface area contributed by atoms with Gasteiger partial charge in [0.25, 0.3) is 0 Å². The van der Waals surface area contributed by atoms with E-state index in [0.717, 1.165) is 22.3 Å². The maximum Gasteiger partial charge on any atom is 0.133 e. The number of hydrogen-bond donors (Lipinski definition) is 2. The first kappa shape index (κ1) is 11.7. The Morgan fingerprint density at radius 1 is 1.35 bits per heavy atom. The molecule has 1 heterocycles. The molecule has 0 unspecified atom stereocenters. The molecule has 2 rings (SSSR count). The third kappa shape index (κ3) is 2.65. The van der Waals surface area contributed by atoms with Crippen molar-refractivity contribution in [2.45, 2.75) is 6.42 Å². The minimum absolute atomic E-state index is 0.186. The molecule has 0 atom stereocenters. The maximum atomic E-state index is 8.75. The van der Waals surface area contributed by atoms with E-state index in [9.17, 15) is 0 Å². The van der Waals surface area contributed by atoms with Gasteiger partial charge < -0.3 is 15.2 Å². The summed E-state index contributed by atoms with van der Waals surface area (Å²) in [4.78, 5) is 4.30. The Balaban J connectivity index is 2.30. The van der Waals surface area contributed by atoms with Crippen LogP contribution in [0.3, 0.4) is 0 Å². The van der Waals surface area contributed by atoms with Crippen molar-refractivity contribution in [3.05, 3.63) is 30.5 Å². The predicted octanol–water partition coefficient (Wildman–Crippen LogP) is 2.04. The van der Waals surface area contributed by atoms with Crippen molar-refractivity contribution in [1.82, 2.24) is 4.98 Å². The fourth-order valence-corrected chi connectivity index (χ4v) is 1.71. The van der Waals surface area contributed by atoms with Crippen molar-refractivity contribution in [1.29, 1.82) is 0 Å². The number of aromatic nitrogens is 1. The van der Waals surface area contributed by atoms with Crippen LogP contribution in [0.4, 0.5) is 5.82 Å². The number of hydrogen-bond acceptors (Lipinski definition) is 4. The Morgan fingerprint density at radius 3 is 3.00 bits per heavy atom. The van der Waals surface area contributed by atoms with Crippen LogP contribution < -0.4 is 10.1 Å². The summed E-state index contributed by atoms with van der Waals surface area (Å²) in [6.45, 7) is 0.903. The van der Waals surface area contributed by atoms with Crippen LogP contribution in [0.2, 0.25) is 0 Å². The second-order valence-corrected chi connectivity index (χ2v) is 3.75. The molecule has 0 fully saturated rings. The van der Waals surface area contributed by atoms with E-state index in [1.807, 2.05) is 24.3 Å². The average molecular weight is 232 g/mol. The third-order valence-electron chi connectivity index (χ3n) is 2.60. The van der Waals surface area contributed by atoms with Crippen molar-refractivity contribution in [3.63, 3.8) is 0 Å². The molecule has 0 aliphatic carbocycles. The number of methoxy groups -OCH3 is 1. The number of rotatable bonds is 5. The van der Waals surface area contributed by atoms with Gasteiger partial charge >= 0.3 is 0 Å². The Bertz CT molecular complexity index is 500. The lowest BCUT2D eigenvalue weighted by Gasteiger charge is -2.09. The Hall–Kier alpha value is -1.81. The fraction of sp³-hybridized carbons (Fsp3) is 0.308. The van der Waals surface area contributed by atoms with Crippen molar-refractivity contribution in [3.8, 4) is 5.75 Å². The maximum absolute atomic E-state index is 8.75. The summed E-state index contributed by atoms with van der Waals surface area (Å²) in [5.74, 6) is 1.68. The van der Waals surface area contributed by atoms with E-state index in [0.29, 0.717) is 13.0 Å². The molecule has 0 aliphatic heterocycles. The van der Waals surface area contributed by atoms with Crippen molar-refractivity contribution in [2.24, 2.45) is 0 Å². The number of ether oxygens (including phenoxy) is 1. The van der Waals surface area contributed by atoms with Crippen LogP contribution in [0, 0.1) is 0 Å². The van der Waals surface area contributed by atoms with E-state index < -0.39 is 0 Å². The largest absolute Gasteiger partial charge is 0.497 e. The second kappa shape index (κ2) is 5.50. The van der Waals surface area contributed by atoms with Gasteiger partial charge in [-0.3, -0.25) is 0 Å². The van der Waals surface area contributed by atoms with Crippen LogP contribution in [-0.4, -0.2) is 30.4 Å². The predicted molar refractivity (Wildman–Crippen MR) is 68.5 cm³/mol. The van der Waals surface area contributed by atoms with Crippen LogP contribution in [0.5, 0.6) is 5.75 Å². The zero-order chi connectivity index (χ0) is 12.1. The summed E-state index contributed by atoms with van der Waals surface area (Å²) in [6.07, 6.45) is 2.48. The van der Waals surface area contributed by atoms with Gasteiger partial charge in [0.1, 0.15) is 11.6 Å². The van der Waals surface area contributed by atoms with Crippen molar-refractivity contribution < 1.29 is 9.84 Å². The Morgan fingerprint density at radius 2 is 2.24 bits per heavy atom. The molecule has 0 radical (unpaired) electrons. The normalized spacial score (nSPS) is 10.5. The Labute approximate surface area is 100 Å². The molecule has 1 aromatic heterocycles. The number of aliphatic hydroxyl groups excluding tert-OH is 1. The molecule has 17 heavy (non-hydrogen) atoms. The summed E-state index contributed by atoms with van der Waals surface area (Å²) in [5, 5.41) is 14.1. The molecule has 90 valence electrons. The molecule has 1 aromatic carbocycles. The number of anilines is 1. The molecule has 0 saturated heterocycles. The number of nitrogens with zero attached hydrogens (tertiary/aromatic N) is 1. The second-order valence-electron chi connectivity index (χ2n) is 3.75. The molecule has 0 amide bonds. The van der Waals surface area contributed by atoms with E-state index >= 15 is 0 Å². The van der Waals surface area contributed by atoms with Crippen LogP contribution >= 0.6 is 0 Å². The van der Waals surface area contributed by atoms with Gasteiger partial charge in [0, 0.05) is 24.7 Å². The summed E-state index contributed by atoms with van der Waals surface area (Å²) in [5.41, 5.74) is 0. The molecule has 0 aliphatic rings. The number of pyridine rings is 1. The SMILES string of the molecule is COc1ccc2c(NCCCO)nccc2c1. The van der Waals surface area contributed by atoms with Crippen molar-refractivity contribution in [2.75, 3.05) is 25.6 Å². The molecule has 0 saturated carbocycles. The standard InChI is InChI=1S/C13H16N2O2/c1-17-11-3-4-12-10(9-11)5-7-15-13(12)14-6-2-8-16/h3-5,7,9,16H,2,6,8H2,1H3,(H,14,15). The Kier molecular flexibility index (Phi) is 3.77. The average Bonchev–Trinajstić information content (AvgIpc) is 2.38. The molecule has 0 spiro atoms. The third-order valence-corrected chi connectivity index (χ3v) is 2.60. The van der Waals surface area contributed by atoms with E-state index in [4.69, 9.17) is 9.84 Å². The number of aliphatic hydroxyl groups is 1. The molecule has 2 aromatic rings. The van der Waals surface area contributed by atoms with Crippen LogP contribution in [0.1, 0.15) is 6.42 Å². The summed E-state index contributed by atoms with van der Waals surface area (Å²) < 4.78 is 5.19. The van der Waals surface area contributed by atoms with Crippen molar-refractivity contribution >= 4 is 16.6 Å². The van der Waals surface area contributed by atoms with Gasteiger partial charge in [-0.05, 0) is 36.1 Å². The smallest absolute Gasteiger partial charge is 0.133 e. The molecule has 4 heteroatoms. The number of nitrogens with one attached hydrogen (secondary N) is 1. The van der Waals surface area contributed by atoms with Gasteiger partial charge in [-0.15, -0.1) is 0 Å². The van der Waals surface area contributed by atoms with E-state index in [1.54, 1.807) is 13.3 Å². The zero-order valence-corrected chi connectivity index (χ0v) is 9.81. The van der Waals surface area contributed by atoms with Crippen LogP contribution in [0.25, 0.3) is 10.8 Å². The van der Waals surface area contributed by atoms with Gasteiger partial charge in [0.05, 0.1) is 7.11 Å². The van der Waals surface area contributed by atoms with Gasteiger partial charge in [-0.2, -0.15) is 0 Å². The first-order valence-corrected chi connectivity index (χ1v) is 5.62. The summed E-state index contributed by atoms with van der Waals surface area (Å²) >= 11 is 0. The molecule has 0 bridgehead atoms. The topological polar surface area (TPSA) is 54.4 Å². The van der Waals surface area contributed by atoms with Gasteiger partial charge in [-0.25, -0.2) is 4.98 Å². The summed E-state index contributed by atoms with van der Waals surface area (Å²) in [6, 6.07) is 7.84. The van der Waals surface area contributed by atoms with E-state index in [1.165, 1.54) is 0 Å². The van der Waals surface area contributed by atoms with E-state index in [2.05, 4.69) is 10.3 Å². The quantitative estimate of drug-likeness (QED) is 0.774. The highest BCUT2D eigenvalue weighted by atomic mass is 16.5. The number of fused-ring (bicyclic) bond motifs is 1. The lowest BCUT2D eigenvalue weighted by Crippen LogP contribution is -2.05. The highest BCUT2D eigenvalue weighted by Crippen LogP contribution is 2.25. The molecule has 4 nitrogen and oxygen atoms in total. The van der Waals surface area contributed by atoms with Gasteiger partial charge in [0.15, 0.2) is 0 Å². The first-order valence-electron chi connectivity index (χ1n) is 5.62. The minimum atomic E-state index is 0.186. The monoisotopic (exact) mass is 232 g/mol. The fourth-order valence-electron chi connectivity index (χ4n) is 1.71. The number of benzene rings is 1. The molecule has 2 N–H and O–H groups in total. The highest BCUT2D eigenvalue weighted by molar-refractivity contribution is 5.92. The van der Waals surface area contributed by atoms with Crippen LogP contribution in [0.15, 0.2) is 30.5 Å². The highest BCUT2D eigenvalue weighted by Gasteiger charge is 2.02. The van der Waals surface area contributed by atoms with Gasteiger partial charge in [0.2, 0.25) is 0 Å². The molecular weight excluding hydrogens is 216 g/mol. The lowest BCUT2D eigenvalue weighted by molar-refractivity contribution is 0.292. The minimum Gasteiger partial charge on any atom is -0.497 e. The molecular formula is C13H16N2O2.